The number of ether oxygens (including phenoxy) is 1. The highest BCUT2D eigenvalue weighted by Crippen LogP contribution is 2.26. The van der Waals surface area contributed by atoms with E-state index in [9.17, 15) is 9.59 Å². The summed E-state index contributed by atoms with van der Waals surface area (Å²) in [6.07, 6.45) is 0.514. The standard InChI is InChI=1S/C22H26N2O3/c1-22(2,3)23-20(25)19-13-16-7-5-6-8-17(16)14-24(19)21(26)15-9-11-18(27-4)12-10-15/h5-12,19H,13-14H2,1-4H3,(H,23,25)/t19-/m1/s1. The van der Waals surface area contributed by atoms with Gasteiger partial charge in [-0.25, -0.2) is 0 Å². The van der Waals surface area contributed by atoms with E-state index in [0.717, 1.165) is 11.1 Å². The zero-order valence-electron chi connectivity index (χ0n) is 16.3. The molecule has 3 rings (SSSR count). The summed E-state index contributed by atoms with van der Waals surface area (Å²) in [5.74, 6) is 0.414. The van der Waals surface area contributed by atoms with Crippen LogP contribution in [-0.2, 0) is 17.8 Å². The van der Waals surface area contributed by atoms with Gasteiger partial charge in [-0.15, -0.1) is 0 Å². The third-order valence-corrected chi connectivity index (χ3v) is 4.65. The molecule has 0 saturated carbocycles. The van der Waals surface area contributed by atoms with Gasteiger partial charge in [0, 0.05) is 24.1 Å². The quantitative estimate of drug-likeness (QED) is 0.908. The molecule has 0 spiro atoms. The van der Waals surface area contributed by atoms with Crippen LogP contribution in [0.5, 0.6) is 5.75 Å². The molecule has 1 aliphatic heterocycles. The van der Waals surface area contributed by atoms with Gasteiger partial charge in [0.2, 0.25) is 5.91 Å². The molecule has 0 unspecified atom stereocenters. The number of carbonyl (C=O) groups excluding carboxylic acids is 2. The molecule has 5 nitrogen and oxygen atoms in total. The van der Waals surface area contributed by atoms with Gasteiger partial charge in [-0.05, 0) is 56.2 Å². The first-order chi connectivity index (χ1) is 12.8. The monoisotopic (exact) mass is 366 g/mol. The van der Waals surface area contributed by atoms with Crippen molar-refractivity contribution in [2.75, 3.05) is 7.11 Å². The van der Waals surface area contributed by atoms with E-state index in [0.29, 0.717) is 24.3 Å². The van der Waals surface area contributed by atoms with Crippen LogP contribution >= 0.6 is 0 Å². The zero-order valence-corrected chi connectivity index (χ0v) is 16.3. The largest absolute Gasteiger partial charge is 0.497 e. The van der Waals surface area contributed by atoms with E-state index in [1.807, 2.05) is 45.0 Å². The number of methoxy groups -OCH3 is 1. The molecule has 0 fully saturated rings. The Bertz CT molecular complexity index is 837. The van der Waals surface area contributed by atoms with Crippen molar-refractivity contribution >= 4 is 11.8 Å². The minimum Gasteiger partial charge on any atom is -0.497 e. The zero-order chi connectivity index (χ0) is 19.6. The van der Waals surface area contributed by atoms with Gasteiger partial charge in [-0.1, -0.05) is 24.3 Å². The van der Waals surface area contributed by atoms with Crippen LogP contribution in [0, 0.1) is 0 Å². The molecule has 0 aromatic heterocycles. The molecule has 1 atom stereocenters. The summed E-state index contributed by atoms with van der Waals surface area (Å²) in [5, 5.41) is 3.02. The number of nitrogens with zero attached hydrogens (tertiary/aromatic N) is 1. The Hall–Kier alpha value is -2.82. The molecule has 2 aromatic rings. The van der Waals surface area contributed by atoms with Gasteiger partial charge < -0.3 is 15.0 Å². The van der Waals surface area contributed by atoms with Gasteiger partial charge in [0.25, 0.3) is 5.91 Å². The molecular formula is C22H26N2O3. The molecule has 2 aromatic carbocycles. The number of carbonyl (C=O) groups is 2. The number of benzene rings is 2. The van der Waals surface area contributed by atoms with Crippen molar-refractivity contribution in [1.29, 1.82) is 0 Å². The first-order valence-corrected chi connectivity index (χ1v) is 9.12. The van der Waals surface area contributed by atoms with Crippen LogP contribution in [0.1, 0.15) is 42.3 Å². The van der Waals surface area contributed by atoms with Crippen LogP contribution in [0.4, 0.5) is 0 Å². The number of hydrogen-bond donors (Lipinski definition) is 1. The first kappa shape index (κ1) is 19.0. The summed E-state index contributed by atoms with van der Waals surface area (Å²) >= 11 is 0. The van der Waals surface area contributed by atoms with Crippen molar-refractivity contribution < 1.29 is 14.3 Å². The molecule has 5 heteroatoms. The second-order valence-electron chi connectivity index (χ2n) is 7.89. The van der Waals surface area contributed by atoms with Gasteiger partial charge in [-0.2, -0.15) is 0 Å². The second-order valence-corrected chi connectivity index (χ2v) is 7.89. The fourth-order valence-electron chi connectivity index (χ4n) is 3.32. The molecule has 2 amide bonds. The number of nitrogens with one attached hydrogen (secondary N) is 1. The van der Waals surface area contributed by atoms with Gasteiger partial charge >= 0.3 is 0 Å². The van der Waals surface area contributed by atoms with Gasteiger partial charge in [-0.3, -0.25) is 9.59 Å². The van der Waals surface area contributed by atoms with Crippen LogP contribution in [-0.4, -0.2) is 35.4 Å². The fraction of sp³-hybridized carbons (Fsp3) is 0.364. The molecular weight excluding hydrogens is 340 g/mol. The van der Waals surface area contributed by atoms with E-state index in [1.165, 1.54) is 0 Å². The number of hydrogen-bond acceptors (Lipinski definition) is 3. The van der Waals surface area contributed by atoms with Crippen molar-refractivity contribution in [3.05, 3.63) is 65.2 Å². The number of amides is 2. The van der Waals surface area contributed by atoms with Crippen LogP contribution < -0.4 is 10.1 Å². The number of rotatable bonds is 3. The summed E-state index contributed by atoms with van der Waals surface area (Å²) in [4.78, 5) is 27.8. The Morgan fingerprint density at radius 3 is 2.26 bits per heavy atom. The smallest absolute Gasteiger partial charge is 0.254 e. The number of fused-ring (bicyclic) bond motifs is 1. The lowest BCUT2D eigenvalue weighted by molar-refractivity contribution is -0.127. The Labute approximate surface area is 160 Å². The highest BCUT2D eigenvalue weighted by atomic mass is 16.5. The Balaban J connectivity index is 1.92. The van der Waals surface area contributed by atoms with E-state index in [4.69, 9.17) is 4.74 Å². The Morgan fingerprint density at radius 2 is 1.67 bits per heavy atom. The summed E-state index contributed by atoms with van der Waals surface area (Å²) in [5.41, 5.74) is 2.39. The predicted molar refractivity (Wildman–Crippen MR) is 105 cm³/mol. The molecule has 27 heavy (non-hydrogen) atoms. The maximum atomic E-state index is 13.2. The maximum absolute atomic E-state index is 13.2. The van der Waals surface area contributed by atoms with Gasteiger partial charge in [0.05, 0.1) is 7.11 Å². The van der Waals surface area contributed by atoms with Crippen molar-refractivity contribution in [2.24, 2.45) is 0 Å². The van der Waals surface area contributed by atoms with E-state index in [2.05, 4.69) is 5.32 Å². The van der Waals surface area contributed by atoms with Crippen LogP contribution in [0.2, 0.25) is 0 Å². The molecule has 1 aliphatic rings. The van der Waals surface area contributed by atoms with E-state index >= 15 is 0 Å². The van der Waals surface area contributed by atoms with Gasteiger partial charge in [0.1, 0.15) is 11.8 Å². The van der Waals surface area contributed by atoms with Crippen LogP contribution in [0.25, 0.3) is 0 Å². The normalized spacial score (nSPS) is 16.4. The average Bonchev–Trinajstić information content (AvgIpc) is 2.65. The Morgan fingerprint density at radius 1 is 1.04 bits per heavy atom. The van der Waals surface area contributed by atoms with E-state index < -0.39 is 6.04 Å². The van der Waals surface area contributed by atoms with Crippen molar-refractivity contribution in [2.45, 2.75) is 45.3 Å². The van der Waals surface area contributed by atoms with Crippen LogP contribution in [0.3, 0.4) is 0 Å². The maximum Gasteiger partial charge on any atom is 0.254 e. The molecule has 0 aliphatic carbocycles. The van der Waals surface area contributed by atoms with Crippen molar-refractivity contribution in [1.82, 2.24) is 10.2 Å². The highest BCUT2D eigenvalue weighted by molar-refractivity contribution is 5.98. The van der Waals surface area contributed by atoms with Gasteiger partial charge in [0.15, 0.2) is 0 Å². The summed E-state index contributed by atoms with van der Waals surface area (Å²) in [7, 11) is 1.59. The molecule has 1 N–H and O–H groups in total. The summed E-state index contributed by atoms with van der Waals surface area (Å²) in [6, 6.07) is 14.4. The predicted octanol–water partition coefficient (Wildman–Crippen LogP) is 3.18. The molecule has 0 saturated heterocycles. The lowest BCUT2D eigenvalue weighted by Crippen LogP contribution is -2.56. The SMILES string of the molecule is COc1ccc(C(=O)N2Cc3ccccc3C[C@@H]2C(=O)NC(C)(C)C)cc1. The average molecular weight is 366 g/mol. The second kappa shape index (κ2) is 7.43. The molecule has 1 heterocycles. The Kier molecular flexibility index (Phi) is 5.22. The molecule has 0 bridgehead atoms. The third kappa shape index (κ3) is 4.30. The summed E-state index contributed by atoms with van der Waals surface area (Å²) < 4.78 is 5.17. The fourth-order valence-corrected chi connectivity index (χ4v) is 3.32. The first-order valence-electron chi connectivity index (χ1n) is 9.12. The van der Waals surface area contributed by atoms with Crippen LogP contribution in [0.15, 0.2) is 48.5 Å². The van der Waals surface area contributed by atoms with Crippen molar-refractivity contribution in [3.63, 3.8) is 0 Å². The third-order valence-electron chi connectivity index (χ3n) is 4.65. The lowest BCUT2D eigenvalue weighted by atomic mass is 9.92. The summed E-state index contributed by atoms with van der Waals surface area (Å²) in [6.45, 7) is 6.25. The van der Waals surface area contributed by atoms with E-state index in [1.54, 1.807) is 36.3 Å². The lowest BCUT2D eigenvalue weighted by Gasteiger charge is -2.37. The molecule has 142 valence electrons. The topological polar surface area (TPSA) is 58.6 Å². The minimum absolute atomic E-state index is 0.126. The highest BCUT2D eigenvalue weighted by Gasteiger charge is 2.36. The minimum atomic E-state index is -0.534. The molecule has 0 radical (unpaired) electrons. The van der Waals surface area contributed by atoms with E-state index in [-0.39, 0.29) is 17.4 Å². The van der Waals surface area contributed by atoms with Crippen molar-refractivity contribution in [3.8, 4) is 5.75 Å².